The molecule has 0 heterocycles. The average Bonchev–Trinajstić information content (AvgIpc) is 2.40. The molecule has 0 atom stereocenters. The van der Waals surface area contributed by atoms with E-state index in [1.54, 1.807) is 0 Å². The molecule has 0 bridgehead atoms. The quantitative estimate of drug-likeness (QED) is 0.659. The molecular formula is C14H10F4N2O. The monoisotopic (exact) mass is 298 g/mol. The number of nitrogens with two attached hydrogens (primary N) is 1. The first kappa shape index (κ1) is 14.8. The van der Waals surface area contributed by atoms with Gasteiger partial charge in [0.2, 0.25) is 0 Å². The Kier molecular flexibility index (Phi) is 3.84. The molecule has 0 aliphatic rings. The summed E-state index contributed by atoms with van der Waals surface area (Å²) >= 11 is 0. The van der Waals surface area contributed by atoms with Gasteiger partial charge in [-0.3, -0.25) is 4.79 Å². The molecular weight excluding hydrogens is 288 g/mol. The van der Waals surface area contributed by atoms with E-state index in [0.29, 0.717) is 6.07 Å². The second kappa shape index (κ2) is 5.43. The first-order valence-electron chi connectivity index (χ1n) is 5.81. The Labute approximate surface area is 117 Å². The first-order chi connectivity index (χ1) is 9.79. The molecule has 3 N–H and O–H groups in total. The van der Waals surface area contributed by atoms with Crippen LogP contribution in [0.4, 0.5) is 28.9 Å². The van der Waals surface area contributed by atoms with Crippen LogP contribution in [0.2, 0.25) is 0 Å². The summed E-state index contributed by atoms with van der Waals surface area (Å²) in [6.45, 7) is 1.35. The standard InChI is InChI=1S/C14H10F4N2O/c1-6-2-11(18)13(5-8(6)15)20-14(21)7-3-12(19)10(17)4-9(7)16/h2-5H,19H2,1H3,(H,20,21). The van der Waals surface area contributed by atoms with Crippen LogP contribution in [0, 0.1) is 30.2 Å². The first-order valence-corrected chi connectivity index (χ1v) is 5.81. The molecule has 2 aromatic carbocycles. The third-order valence-electron chi connectivity index (χ3n) is 2.83. The number of amides is 1. The van der Waals surface area contributed by atoms with Crippen LogP contribution in [0.15, 0.2) is 24.3 Å². The van der Waals surface area contributed by atoms with E-state index in [9.17, 15) is 22.4 Å². The molecule has 2 aromatic rings. The molecule has 2 rings (SSSR count). The van der Waals surface area contributed by atoms with Gasteiger partial charge in [-0.25, -0.2) is 17.6 Å². The SMILES string of the molecule is Cc1cc(F)c(NC(=O)c2cc(N)c(F)cc2F)cc1F. The molecule has 0 aliphatic carbocycles. The maximum atomic E-state index is 13.6. The van der Waals surface area contributed by atoms with Gasteiger partial charge in [0.25, 0.3) is 5.91 Å². The van der Waals surface area contributed by atoms with Gasteiger partial charge in [0.05, 0.1) is 16.9 Å². The summed E-state index contributed by atoms with van der Waals surface area (Å²) in [6, 6.07) is 2.88. The van der Waals surface area contributed by atoms with Gasteiger partial charge < -0.3 is 11.1 Å². The van der Waals surface area contributed by atoms with Gasteiger partial charge in [-0.15, -0.1) is 0 Å². The Morgan fingerprint density at radius 2 is 1.62 bits per heavy atom. The van der Waals surface area contributed by atoms with Gasteiger partial charge in [0, 0.05) is 12.1 Å². The van der Waals surface area contributed by atoms with E-state index in [2.05, 4.69) is 0 Å². The third kappa shape index (κ3) is 2.96. The average molecular weight is 298 g/mol. The van der Waals surface area contributed by atoms with Crippen LogP contribution >= 0.6 is 0 Å². The van der Waals surface area contributed by atoms with Crippen molar-refractivity contribution in [2.24, 2.45) is 0 Å². The van der Waals surface area contributed by atoms with Crippen molar-refractivity contribution in [3.63, 3.8) is 0 Å². The van der Waals surface area contributed by atoms with Crippen molar-refractivity contribution in [3.8, 4) is 0 Å². The van der Waals surface area contributed by atoms with Crippen LogP contribution in [0.5, 0.6) is 0 Å². The molecule has 110 valence electrons. The normalized spacial score (nSPS) is 10.5. The van der Waals surface area contributed by atoms with E-state index in [0.717, 1.165) is 18.2 Å². The van der Waals surface area contributed by atoms with Crippen molar-refractivity contribution in [3.05, 3.63) is 58.7 Å². The lowest BCUT2D eigenvalue weighted by molar-refractivity contribution is 0.102. The maximum Gasteiger partial charge on any atom is 0.258 e. The van der Waals surface area contributed by atoms with Crippen LogP contribution in [0.1, 0.15) is 15.9 Å². The molecule has 0 fully saturated rings. The summed E-state index contributed by atoms with van der Waals surface area (Å²) in [7, 11) is 0. The highest BCUT2D eigenvalue weighted by Gasteiger charge is 2.17. The highest BCUT2D eigenvalue weighted by molar-refractivity contribution is 6.05. The predicted octanol–water partition coefficient (Wildman–Crippen LogP) is 3.39. The molecule has 7 heteroatoms. The smallest absolute Gasteiger partial charge is 0.258 e. The van der Waals surface area contributed by atoms with Crippen LogP contribution < -0.4 is 11.1 Å². The van der Waals surface area contributed by atoms with E-state index < -0.39 is 46.1 Å². The van der Waals surface area contributed by atoms with Crippen LogP contribution in [-0.4, -0.2) is 5.91 Å². The molecule has 3 nitrogen and oxygen atoms in total. The Morgan fingerprint density at radius 1 is 0.952 bits per heavy atom. The fraction of sp³-hybridized carbons (Fsp3) is 0.0714. The van der Waals surface area contributed by atoms with E-state index in [1.807, 2.05) is 5.32 Å². The van der Waals surface area contributed by atoms with Gasteiger partial charge in [0.1, 0.15) is 23.3 Å². The summed E-state index contributed by atoms with van der Waals surface area (Å²) in [6.07, 6.45) is 0. The Bertz CT molecular complexity index is 731. The lowest BCUT2D eigenvalue weighted by atomic mass is 10.1. The molecule has 0 unspecified atom stereocenters. The van der Waals surface area contributed by atoms with Crippen molar-refractivity contribution in [2.45, 2.75) is 6.92 Å². The van der Waals surface area contributed by atoms with Crippen molar-refractivity contribution in [2.75, 3.05) is 11.1 Å². The fourth-order valence-corrected chi connectivity index (χ4v) is 1.67. The minimum Gasteiger partial charge on any atom is -0.396 e. The molecule has 0 spiro atoms. The highest BCUT2D eigenvalue weighted by Crippen LogP contribution is 2.22. The number of carbonyl (C=O) groups is 1. The minimum absolute atomic E-state index is 0.0581. The number of anilines is 2. The van der Waals surface area contributed by atoms with E-state index in [1.165, 1.54) is 6.92 Å². The van der Waals surface area contributed by atoms with E-state index in [-0.39, 0.29) is 5.56 Å². The Hall–Kier alpha value is -2.57. The summed E-state index contributed by atoms with van der Waals surface area (Å²) in [4.78, 5) is 11.8. The second-order valence-corrected chi connectivity index (χ2v) is 4.39. The van der Waals surface area contributed by atoms with Crippen LogP contribution in [-0.2, 0) is 0 Å². The molecule has 21 heavy (non-hydrogen) atoms. The number of nitrogen functional groups attached to an aromatic ring is 1. The minimum atomic E-state index is -1.16. The van der Waals surface area contributed by atoms with Gasteiger partial charge >= 0.3 is 0 Å². The number of aryl methyl sites for hydroxylation is 1. The fourth-order valence-electron chi connectivity index (χ4n) is 1.67. The molecule has 0 aliphatic heterocycles. The number of carbonyl (C=O) groups excluding carboxylic acids is 1. The van der Waals surface area contributed by atoms with Crippen molar-refractivity contribution >= 4 is 17.3 Å². The number of benzene rings is 2. The van der Waals surface area contributed by atoms with Gasteiger partial charge in [-0.05, 0) is 24.6 Å². The Morgan fingerprint density at radius 3 is 2.29 bits per heavy atom. The third-order valence-corrected chi connectivity index (χ3v) is 2.83. The lowest BCUT2D eigenvalue weighted by Crippen LogP contribution is -2.16. The lowest BCUT2D eigenvalue weighted by Gasteiger charge is -2.09. The number of rotatable bonds is 2. The van der Waals surface area contributed by atoms with Gasteiger partial charge in [-0.1, -0.05) is 0 Å². The molecule has 0 aromatic heterocycles. The highest BCUT2D eigenvalue weighted by atomic mass is 19.1. The molecule has 0 radical (unpaired) electrons. The van der Waals surface area contributed by atoms with Crippen molar-refractivity contribution in [1.82, 2.24) is 0 Å². The van der Waals surface area contributed by atoms with Crippen molar-refractivity contribution in [1.29, 1.82) is 0 Å². The zero-order valence-electron chi connectivity index (χ0n) is 10.8. The number of hydrogen-bond acceptors (Lipinski definition) is 2. The predicted molar refractivity (Wildman–Crippen MR) is 69.8 cm³/mol. The summed E-state index contributed by atoms with van der Waals surface area (Å²) in [5.74, 6) is -4.85. The maximum absolute atomic E-state index is 13.6. The Balaban J connectivity index is 2.35. The zero-order chi connectivity index (χ0) is 15.7. The molecule has 1 amide bonds. The largest absolute Gasteiger partial charge is 0.396 e. The second-order valence-electron chi connectivity index (χ2n) is 4.39. The van der Waals surface area contributed by atoms with Crippen molar-refractivity contribution < 1.29 is 22.4 Å². The van der Waals surface area contributed by atoms with E-state index >= 15 is 0 Å². The summed E-state index contributed by atoms with van der Waals surface area (Å²) in [5.41, 5.74) is 3.84. The summed E-state index contributed by atoms with van der Waals surface area (Å²) in [5, 5.41) is 2.01. The molecule has 0 saturated heterocycles. The number of nitrogens with one attached hydrogen (secondary N) is 1. The number of halogens is 4. The molecule has 0 saturated carbocycles. The van der Waals surface area contributed by atoms with Gasteiger partial charge in [0.15, 0.2) is 0 Å². The number of hydrogen-bond donors (Lipinski definition) is 2. The van der Waals surface area contributed by atoms with Crippen LogP contribution in [0.3, 0.4) is 0 Å². The van der Waals surface area contributed by atoms with Gasteiger partial charge in [-0.2, -0.15) is 0 Å². The zero-order valence-corrected chi connectivity index (χ0v) is 10.8. The van der Waals surface area contributed by atoms with Crippen LogP contribution in [0.25, 0.3) is 0 Å². The summed E-state index contributed by atoms with van der Waals surface area (Å²) < 4.78 is 53.4. The van der Waals surface area contributed by atoms with E-state index in [4.69, 9.17) is 5.73 Å². The topological polar surface area (TPSA) is 55.1 Å².